The zero-order chi connectivity index (χ0) is 25.0. The molecule has 1 aromatic heterocycles. The Morgan fingerprint density at radius 1 is 1.17 bits per heavy atom. The maximum absolute atomic E-state index is 13.7. The fraction of sp³-hybridized carbons (Fsp3) is 0.346. The molecule has 9 heteroatoms. The van der Waals surface area contributed by atoms with Crippen molar-refractivity contribution >= 4 is 11.8 Å². The van der Waals surface area contributed by atoms with Gasteiger partial charge in [-0.2, -0.15) is 13.2 Å². The number of ether oxygens (including phenoxy) is 1. The van der Waals surface area contributed by atoms with E-state index in [4.69, 9.17) is 4.74 Å². The largest absolute Gasteiger partial charge is 0.497 e. The Kier molecular flexibility index (Phi) is 5.45. The van der Waals surface area contributed by atoms with E-state index in [9.17, 15) is 22.8 Å². The summed E-state index contributed by atoms with van der Waals surface area (Å²) >= 11 is 0. The molecule has 3 aliphatic rings. The molecule has 182 valence electrons. The highest BCUT2D eigenvalue weighted by molar-refractivity contribution is 6.02. The van der Waals surface area contributed by atoms with Gasteiger partial charge in [0.25, 0.3) is 5.91 Å². The van der Waals surface area contributed by atoms with Crippen LogP contribution in [0, 0.1) is 5.92 Å². The number of carbonyl (C=O) groups excluding carboxylic acids is 2. The normalized spacial score (nSPS) is 23.6. The van der Waals surface area contributed by atoms with E-state index in [0.717, 1.165) is 11.6 Å². The summed E-state index contributed by atoms with van der Waals surface area (Å²) in [6.07, 6.45) is 1.29. The molecule has 0 saturated carbocycles. The zero-order valence-electron chi connectivity index (χ0n) is 19.3. The number of pyridine rings is 1. The number of rotatable bonds is 4. The van der Waals surface area contributed by atoms with Crippen LogP contribution in [0.1, 0.15) is 34.8 Å². The van der Waals surface area contributed by atoms with Gasteiger partial charge in [0.2, 0.25) is 5.91 Å². The number of aromatic nitrogens is 1. The number of allylic oxidation sites excluding steroid dienone is 3. The van der Waals surface area contributed by atoms with Gasteiger partial charge in [-0.25, -0.2) is 0 Å². The van der Waals surface area contributed by atoms with Crippen LogP contribution in [0.25, 0.3) is 0 Å². The minimum Gasteiger partial charge on any atom is -0.497 e. The molecule has 35 heavy (non-hydrogen) atoms. The molecule has 0 N–H and O–H groups in total. The fourth-order valence-electron chi connectivity index (χ4n) is 5.55. The number of hydrogen-bond donors (Lipinski definition) is 0. The number of amides is 2. The molecule has 0 radical (unpaired) electrons. The van der Waals surface area contributed by atoms with Gasteiger partial charge < -0.3 is 14.5 Å². The van der Waals surface area contributed by atoms with Crippen molar-refractivity contribution in [3.63, 3.8) is 0 Å². The first-order chi connectivity index (χ1) is 16.7. The number of halogens is 3. The molecule has 1 fully saturated rings. The van der Waals surface area contributed by atoms with E-state index in [1.807, 2.05) is 0 Å². The van der Waals surface area contributed by atoms with Gasteiger partial charge >= 0.3 is 6.18 Å². The van der Waals surface area contributed by atoms with Crippen molar-refractivity contribution in [2.24, 2.45) is 5.92 Å². The molecule has 6 nitrogen and oxygen atoms in total. The van der Waals surface area contributed by atoms with Crippen molar-refractivity contribution < 1.29 is 27.5 Å². The molecule has 0 bridgehead atoms. The quantitative estimate of drug-likeness (QED) is 0.653. The van der Waals surface area contributed by atoms with Crippen molar-refractivity contribution in [2.45, 2.75) is 31.6 Å². The number of carbonyl (C=O) groups is 2. The molecule has 1 aromatic carbocycles. The summed E-state index contributed by atoms with van der Waals surface area (Å²) < 4.78 is 45.7. The van der Waals surface area contributed by atoms with Crippen LogP contribution < -0.4 is 4.74 Å². The molecule has 3 heterocycles. The number of benzene rings is 1. The van der Waals surface area contributed by atoms with Gasteiger partial charge in [-0.3, -0.25) is 14.6 Å². The van der Waals surface area contributed by atoms with Gasteiger partial charge in [0, 0.05) is 36.6 Å². The summed E-state index contributed by atoms with van der Waals surface area (Å²) in [6, 6.07) is 8.73. The number of methoxy groups -OCH3 is 1. The predicted molar refractivity (Wildman–Crippen MR) is 121 cm³/mol. The number of fused-ring (bicyclic) bond motifs is 3. The number of alkyl halides is 3. The molecule has 1 saturated heterocycles. The smallest absolute Gasteiger partial charge is 0.412 e. The summed E-state index contributed by atoms with van der Waals surface area (Å²) in [5.41, 5.74) is 0.402. The Balaban J connectivity index is 1.61. The Hall–Kier alpha value is -3.62. The minimum absolute atomic E-state index is 0.0653. The van der Waals surface area contributed by atoms with Crippen molar-refractivity contribution in [3.8, 4) is 5.75 Å². The SMILES string of the molecule is COc1ccc(CC(=O)N2CCN3C(=O)c4ccncc4C23C2=CC=C(C(F)(F)F)C(C)C2)cc1. The molecule has 2 aromatic rings. The monoisotopic (exact) mass is 483 g/mol. The highest BCUT2D eigenvalue weighted by atomic mass is 19.4. The van der Waals surface area contributed by atoms with E-state index >= 15 is 0 Å². The third kappa shape index (κ3) is 3.52. The van der Waals surface area contributed by atoms with Crippen LogP contribution in [0.4, 0.5) is 13.2 Å². The van der Waals surface area contributed by atoms with Crippen LogP contribution in [0.3, 0.4) is 0 Å². The lowest BCUT2D eigenvalue weighted by Crippen LogP contribution is -2.53. The first-order valence-corrected chi connectivity index (χ1v) is 11.4. The summed E-state index contributed by atoms with van der Waals surface area (Å²) in [6.45, 7) is 2.08. The van der Waals surface area contributed by atoms with Crippen LogP contribution in [-0.2, 0) is 16.9 Å². The molecule has 1 aliphatic carbocycles. The molecular weight excluding hydrogens is 459 g/mol. The van der Waals surface area contributed by atoms with Crippen LogP contribution in [0.5, 0.6) is 5.75 Å². The average molecular weight is 483 g/mol. The standard InChI is InChI=1S/C26H24F3N3O3/c1-16-13-18(5-8-21(16)26(27,28)29)25-22-15-30-10-9-20(22)24(34)32(25)12-11-31(25)23(33)14-17-3-6-19(35-2)7-4-17/h3-10,15-16H,11-14H2,1-2H3. The van der Waals surface area contributed by atoms with Crippen molar-refractivity contribution in [1.29, 1.82) is 0 Å². The Morgan fingerprint density at radius 3 is 2.57 bits per heavy atom. The first kappa shape index (κ1) is 23.1. The molecule has 2 atom stereocenters. The lowest BCUT2D eigenvalue weighted by atomic mass is 9.79. The molecule has 0 spiro atoms. The van der Waals surface area contributed by atoms with Gasteiger partial charge in [0.15, 0.2) is 5.66 Å². The maximum atomic E-state index is 13.7. The maximum Gasteiger partial charge on any atom is 0.412 e. The van der Waals surface area contributed by atoms with E-state index < -0.39 is 23.3 Å². The van der Waals surface area contributed by atoms with Gasteiger partial charge in [0.1, 0.15) is 5.75 Å². The summed E-state index contributed by atoms with van der Waals surface area (Å²) in [5.74, 6) is -0.621. The van der Waals surface area contributed by atoms with Crippen LogP contribution in [0.2, 0.25) is 0 Å². The second-order valence-electron chi connectivity index (χ2n) is 9.04. The molecule has 2 amide bonds. The van der Waals surface area contributed by atoms with Crippen molar-refractivity contribution in [3.05, 3.63) is 82.7 Å². The highest BCUT2D eigenvalue weighted by Crippen LogP contribution is 2.53. The number of nitrogens with zero attached hydrogens (tertiary/aromatic N) is 3. The second-order valence-corrected chi connectivity index (χ2v) is 9.04. The number of hydrogen-bond acceptors (Lipinski definition) is 4. The molecular formula is C26H24F3N3O3. The first-order valence-electron chi connectivity index (χ1n) is 11.4. The second kappa shape index (κ2) is 8.25. The van der Waals surface area contributed by atoms with E-state index in [-0.39, 0.29) is 37.7 Å². The van der Waals surface area contributed by atoms with Gasteiger partial charge in [-0.15, -0.1) is 0 Å². The summed E-state index contributed by atoms with van der Waals surface area (Å²) in [4.78, 5) is 34.5. The van der Waals surface area contributed by atoms with E-state index in [0.29, 0.717) is 22.4 Å². The third-order valence-electron chi connectivity index (χ3n) is 7.11. The Labute approximate surface area is 200 Å². The Bertz CT molecular complexity index is 1250. The van der Waals surface area contributed by atoms with E-state index in [1.165, 1.54) is 19.2 Å². The average Bonchev–Trinajstić information content (AvgIpc) is 3.34. The van der Waals surface area contributed by atoms with E-state index in [2.05, 4.69) is 4.98 Å². The third-order valence-corrected chi connectivity index (χ3v) is 7.11. The minimum atomic E-state index is -4.44. The zero-order valence-corrected chi connectivity index (χ0v) is 19.3. The molecule has 5 rings (SSSR count). The molecule has 2 unspecified atom stereocenters. The summed E-state index contributed by atoms with van der Waals surface area (Å²) in [7, 11) is 1.56. The van der Waals surface area contributed by atoms with Gasteiger partial charge in [-0.1, -0.05) is 31.2 Å². The topological polar surface area (TPSA) is 62.7 Å². The van der Waals surface area contributed by atoms with Crippen LogP contribution in [-0.4, -0.2) is 53.0 Å². The van der Waals surface area contributed by atoms with Crippen molar-refractivity contribution in [1.82, 2.24) is 14.8 Å². The van der Waals surface area contributed by atoms with Gasteiger partial charge in [-0.05, 0) is 41.7 Å². The van der Waals surface area contributed by atoms with Gasteiger partial charge in [0.05, 0.1) is 19.1 Å². The van der Waals surface area contributed by atoms with Crippen LogP contribution >= 0.6 is 0 Å². The predicted octanol–water partition coefficient (Wildman–Crippen LogP) is 4.24. The lowest BCUT2D eigenvalue weighted by molar-refractivity contribution is -0.136. The lowest BCUT2D eigenvalue weighted by Gasteiger charge is -2.43. The van der Waals surface area contributed by atoms with E-state index in [1.54, 1.807) is 53.4 Å². The highest BCUT2D eigenvalue weighted by Gasteiger charge is 2.61. The van der Waals surface area contributed by atoms with Crippen LogP contribution in [0.15, 0.2) is 66.0 Å². The molecule has 2 aliphatic heterocycles. The fourth-order valence-corrected chi connectivity index (χ4v) is 5.55. The Morgan fingerprint density at radius 2 is 1.91 bits per heavy atom. The van der Waals surface area contributed by atoms with Crippen molar-refractivity contribution in [2.75, 3.05) is 20.2 Å². The summed E-state index contributed by atoms with van der Waals surface area (Å²) in [5, 5.41) is 0.